The Kier molecular flexibility index (Phi) is 6.11. The highest BCUT2D eigenvalue weighted by Gasteiger charge is 2.26. The summed E-state index contributed by atoms with van der Waals surface area (Å²) in [4.78, 5) is 15.4. The van der Waals surface area contributed by atoms with Gasteiger partial charge in [0.05, 0.1) is 5.56 Å². The molecule has 1 aliphatic carbocycles. The lowest BCUT2D eigenvalue weighted by Gasteiger charge is -2.34. The van der Waals surface area contributed by atoms with Crippen molar-refractivity contribution < 1.29 is 9.53 Å². The average Bonchev–Trinajstić information content (AvgIpc) is 2.67. The molecule has 1 saturated carbocycles. The maximum atomic E-state index is 11.3. The summed E-state index contributed by atoms with van der Waals surface area (Å²) in [6.45, 7) is 6.22. The van der Waals surface area contributed by atoms with E-state index < -0.39 is 5.91 Å². The average molecular weight is 367 g/mol. The number of amides is 1. The van der Waals surface area contributed by atoms with Gasteiger partial charge in [-0.25, -0.2) is 0 Å². The van der Waals surface area contributed by atoms with Gasteiger partial charge >= 0.3 is 0 Å². The van der Waals surface area contributed by atoms with Crippen molar-refractivity contribution >= 4 is 5.91 Å². The number of hydrogen-bond acceptors (Lipinski definition) is 4. The van der Waals surface area contributed by atoms with E-state index in [-0.39, 0.29) is 0 Å². The van der Waals surface area contributed by atoms with Gasteiger partial charge in [-0.15, -0.1) is 0 Å². The maximum absolute atomic E-state index is 11.3. The summed E-state index contributed by atoms with van der Waals surface area (Å²) in [5.74, 6) is 0.364. The van der Waals surface area contributed by atoms with Crippen LogP contribution in [0.1, 0.15) is 49.9 Å². The molecule has 1 fully saturated rings. The SMILES string of the molecule is CC1(C)CCC(NCCOc2ccc(-c3cncc(C(N)=O)c3)cc2)CC1. The highest BCUT2D eigenvalue weighted by molar-refractivity contribution is 5.93. The van der Waals surface area contributed by atoms with Gasteiger partial charge in [0.15, 0.2) is 0 Å². The van der Waals surface area contributed by atoms with Gasteiger partial charge in [0.25, 0.3) is 0 Å². The second kappa shape index (κ2) is 8.53. The zero-order valence-electron chi connectivity index (χ0n) is 16.2. The summed E-state index contributed by atoms with van der Waals surface area (Å²) in [7, 11) is 0. The number of ether oxygens (including phenoxy) is 1. The number of carbonyl (C=O) groups is 1. The van der Waals surface area contributed by atoms with Crippen LogP contribution in [0.4, 0.5) is 0 Å². The fraction of sp³-hybridized carbons (Fsp3) is 0.455. The largest absolute Gasteiger partial charge is 0.492 e. The zero-order valence-corrected chi connectivity index (χ0v) is 16.2. The first-order chi connectivity index (χ1) is 12.9. The van der Waals surface area contributed by atoms with Crippen molar-refractivity contribution in [1.82, 2.24) is 10.3 Å². The highest BCUT2D eigenvalue weighted by Crippen LogP contribution is 2.34. The van der Waals surface area contributed by atoms with Crippen LogP contribution in [-0.2, 0) is 0 Å². The molecule has 1 aliphatic rings. The summed E-state index contributed by atoms with van der Waals surface area (Å²) in [6, 6.07) is 10.2. The summed E-state index contributed by atoms with van der Waals surface area (Å²) in [5.41, 5.74) is 8.06. The van der Waals surface area contributed by atoms with Gasteiger partial charge in [-0.05, 0) is 54.9 Å². The molecule has 0 bridgehead atoms. The lowest BCUT2D eigenvalue weighted by Crippen LogP contribution is -2.37. The molecule has 0 aliphatic heterocycles. The Hall–Kier alpha value is -2.40. The number of rotatable bonds is 7. The van der Waals surface area contributed by atoms with Crippen molar-refractivity contribution in [2.24, 2.45) is 11.1 Å². The van der Waals surface area contributed by atoms with Crippen molar-refractivity contribution in [3.8, 4) is 16.9 Å². The molecule has 0 unspecified atom stereocenters. The van der Waals surface area contributed by atoms with E-state index in [0.29, 0.717) is 23.6 Å². The Balaban J connectivity index is 1.46. The van der Waals surface area contributed by atoms with Gasteiger partial charge in [0.1, 0.15) is 12.4 Å². The van der Waals surface area contributed by atoms with Crippen LogP contribution in [0.15, 0.2) is 42.7 Å². The van der Waals surface area contributed by atoms with Gasteiger partial charge in [0.2, 0.25) is 5.91 Å². The van der Waals surface area contributed by atoms with Gasteiger partial charge < -0.3 is 15.8 Å². The molecule has 0 radical (unpaired) electrons. The Morgan fingerprint density at radius 3 is 2.56 bits per heavy atom. The van der Waals surface area contributed by atoms with E-state index in [2.05, 4.69) is 24.1 Å². The molecule has 1 aromatic carbocycles. The van der Waals surface area contributed by atoms with E-state index in [1.807, 2.05) is 24.3 Å². The molecule has 1 amide bonds. The second-order valence-corrected chi connectivity index (χ2v) is 8.09. The van der Waals surface area contributed by atoms with Crippen LogP contribution in [0.2, 0.25) is 0 Å². The molecule has 5 nitrogen and oxygen atoms in total. The van der Waals surface area contributed by atoms with E-state index in [1.165, 1.54) is 31.9 Å². The molecule has 3 rings (SSSR count). The quantitative estimate of drug-likeness (QED) is 0.730. The number of nitrogens with zero attached hydrogens (tertiary/aromatic N) is 1. The van der Waals surface area contributed by atoms with Crippen LogP contribution in [0.25, 0.3) is 11.1 Å². The van der Waals surface area contributed by atoms with Crippen LogP contribution in [0, 0.1) is 5.41 Å². The molecular weight excluding hydrogens is 338 g/mol. The van der Waals surface area contributed by atoms with Crippen LogP contribution in [-0.4, -0.2) is 30.1 Å². The summed E-state index contributed by atoms with van der Waals surface area (Å²) >= 11 is 0. The van der Waals surface area contributed by atoms with E-state index in [1.54, 1.807) is 12.3 Å². The van der Waals surface area contributed by atoms with E-state index in [9.17, 15) is 4.79 Å². The number of benzene rings is 1. The monoisotopic (exact) mass is 367 g/mol. The number of primary amides is 1. The van der Waals surface area contributed by atoms with Crippen molar-refractivity contribution in [2.75, 3.05) is 13.2 Å². The minimum absolute atomic E-state index is 0.407. The van der Waals surface area contributed by atoms with Gasteiger partial charge in [-0.2, -0.15) is 0 Å². The third-order valence-electron chi connectivity index (χ3n) is 5.35. The van der Waals surface area contributed by atoms with Gasteiger partial charge in [-0.3, -0.25) is 9.78 Å². The molecule has 1 aromatic heterocycles. The minimum Gasteiger partial charge on any atom is -0.492 e. The molecule has 0 atom stereocenters. The number of pyridine rings is 1. The van der Waals surface area contributed by atoms with Crippen molar-refractivity contribution in [2.45, 2.75) is 45.6 Å². The van der Waals surface area contributed by atoms with Gasteiger partial charge in [-0.1, -0.05) is 26.0 Å². The fourth-order valence-electron chi connectivity index (χ4n) is 3.51. The first-order valence-corrected chi connectivity index (χ1v) is 9.64. The summed E-state index contributed by atoms with van der Waals surface area (Å²) in [6.07, 6.45) is 8.28. The minimum atomic E-state index is -0.474. The lowest BCUT2D eigenvalue weighted by molar-refractivity contribution is 0.1000. The smallest absolute Gasteiger partial charge is 0.250 e. The number of aromatic nitrogens is 1. The first-order valence-electron chi connectivity index (χ1n) is 9.64. The molecular formula is C22H29N3O2. The topological polar surface area (TPSA) is 77.2 Å². The van der Waals surface area contributed by atoms with Crippen LogP contribution < -0.4 is 15.8 Å². The Bertz CT molecular complexity index is 761. The summed E-state index contributed by atoms with van der Waals surface area (Å²) in [5, 5.41) is 3.61. The van der Waals surface area contributed by atoms with E-state index in [0.717, 1.165) is 23.4 Å². The molecule has 27 heavy (non-hydrogen) atoms. The fourth-order valence-corrected chi connectivity index (χ4v) is 3.51. The van der Waals surface area contributed by atoms with Crippen molar-refractivity contribution in [3.63, 3.8) is 0 Å². The predicted octanol–water partition coefficient (Wildman–Crippen LogP) is 3.78. The number of nitrogens with one attached hydrogen (secondary N) is 1. The molecule has 0 spiro atoms. The Labute approximate surface area is 161 Å². The molecule has 5 heteroatoms. The number of nitrogens with two attached hydrogens (primary N) is 1. The third-order valence-corrected chi connectivity index (χ3v) is 5.35. The first kappa shape index (κ1) is 19.4. The van der Waals surface area contributed by atoms with Gasteiger partial charge in [0, 0.05) is 30.5 Å². The van der Waals surface area contributed by atoms with Crippen LogP contribution in [0.5, 0.6) is 5.75 Å². The molecule has 144 valence electrons. The highest BCUT2D eigenvalue weighted by atomic mass is 16.5. The van der Waals surface area contributed by atoms with Crippen LogP contribution in [0.3, 0.4) is 0 Å². The van der Waals surface area contributed by atoms with E-state index in [4.69, 9.17) is 10.5 Å². The zero-order chi connectivity index (χ0) is 19.3. The standard InChI is InChI=1S/C22H29N3O2/c1-22(2)9-7-19(8-10-22)25-11-12-27-20-5-3-16(4-6-20)17-13-18(21(23)26)15-24-14-17/h3-6,13-15,19,25H,7-12H2,1-2H3,(H2,23,26). The summed E-state index contributed by atoms with van der Waals surface area (Å²) < 4.78 is 5.84. The molecule has 2 aromatic rings. The molecule has 3 N–H and O–H groups in total. The second-order valence-electron chi connectivity index (χ2n) is 8.09. The lowest BCUT2D eigenvalue weighted by atomic mass is 9.75. The van der Waals surface area contributed by atoms with Crippen LogP contribution >= 0.6 is 0 Å². The third kappa shape index (κ3) is 5.54. The van der Waals surface area contributed by atoms with Crippen molar-refractivity contribution in [3.05, 3.63) is 48.3 Å². The molecule has 1 heterocycles. The number of carbonyl (C=O) groups excluding carboxylic acids is 1. The maximum Gasteiger partial charge on any atom is 0.250 e. The Morgan fingerprint density at radius 1 is 1.19 bits per heavy atom. The Morgan fingerprint density at radius 2 is 1.89 bits per heavy atom. The van der Waals surface area contributed by atoms with Crippen molar-refractivity contribution in [1.29, 1.82) is 0 Å². The predicted molar refractivity (Wildman–Crippen MR) is 108 cm³/mol. The van der Waals surface area contributed by atoms with E-state index >= 15 is 0 Å². The molecule has 0 saturated heterocycles. The number of hydrogen-bond donors (Lipinski definition) is 2. The normalized spacial score (nSPS) is 16.8.